The standard InChI is InChI=1S/C6H4F10O3S.Na/c1-2(7,8)3(9,10)4(11,12)5(13,14)6(15,16)20(17,18)19;/h1H3,(H,17,18,19);/q;+1/p-1. The molecule has 0 bridgehead atoms. The Balaban J connectivity index is 0. The number of hydrogen-bond acceptors (Lipinski definition) is 3. The van der Waals surface area contributed by atoms with Gasteiger partial charge in [-0.2, -0.15) is 43.9 Å². The van der Waals surface area contributed by atoms with Gasteiger partial charge in [0, 0.05) is 6.92 Å². The number of hydrogen-bond donors (Lipinski definition) is 0. The molecule has 0 unspecified atom stereocenters. The van der Waals surface area contributed by atoms with Gasteiger partial charge in [-0.05, 0) is 0 Å². The fourth-order valence-corrected chi connectivity index (χ4v) is 1.25. The minimum atomic E-state index is -7.58. The van der Waals surface area contributed by atoms with E-state index in [9.17, 15) is 56.9 Å². The molecule has 0 saturated heterocycles. The van der Waals surface area contributed by atoms with Crippen molar-refractivity contribution < 1.29 is 86.4 Å². The van der Waals surface area contributed by atoms with Crippen LogP contribution in [0, 0.1) is 0 Å². The van der Waals surface area contributed by atoms with Crippen LogP contribution in [0.1, 0.15) is 6.92 Å². The molecule has 0 atom stereocenters. The maximum atomic E-state index is 12.6. The molecule has 122 valence electrons. The Kier molecular flexibility index (Phi) is 6.36. The molecule has 0 aliphatic carbocycles. The largest absolute Gasteiger partial charge is 1.00 e. The molecule has 0 N–H and O–H groups in total. The monoisotopic (exact) mass is 368 g/mol. The summed E-state index contributed by atoms with van der Waals surface area (Å²) in [6.07, 6.45) is 0. The molecular formula is C6H3F10NaO3S. The van der Waals surface area contributed by atoms with Crippen LogP contribution >= 0.6 is 0 Å². The predicted octanol–water partition coefficient (Wildman–Crippen LogP) is -0.310. The van der Waals surface area contributed by atoms with E-state index >= 15 is 0 Å². The third-order valence-corrected chi connectivity index (χ3v) is 2.90. The predicted molar refractivity (Wildman–Crippen MR) is 40.1 cm³/mol. The van der Waals surface area contributed by atoms with Crippen molar-refractivity contribution in [1.82, 2.24) is 0 Å². The van der Waals surface area contributed by atoms with Crippen LogP contribution in [0.5, 0.6) is 0 Å². The van der Waals surface area contributed by atoms with Gasteiger partial charge in [0.15, 0.2) is 10.1 Å². The van der Waals surface area contributed by atoms with E-state index < -0.39 is 46.0 Å². The molecular weight excluding hydrogens is 365 g/mol. The quantitative estimate of drug-likeness (QED) is 0.380. The van der Waals surface area contributed by atoms with Gasteiger partial charge in [-0.3, -0.25) is 0 Å². The molecule has 0 aliphatic rings. The van der Waals surface area contributed by atoms with E-state index in [1.165, 1.54) is 0 Å². The third kappa shape index (κ3) is 3.28. The first kappa shape index (κ1) is 23.5. The molecule has 0 heterocycles. The Morgan fingerprint density at radius 1 is 0.714 bits per heavy atom. The Morgan fingerprint density at radius 2 is 1.00 bits per heavy atom. The van der Waals surface area contributed by atoms with Crippen molar-refractivity contribution >= 4 is 10.1 Å². The van der Waals surface area contributed by atoms with E-state index in [0.29, 0.717) is 0 Å². The second-order valence-electron chi connectivity index (χ2n) is 3.58. The Hall–Kier alpha value is 0.210. The van der Waals surface area contributed by atoms with Crippen LogP contribution in [0.2, 0.25) is 0 Å². The third-order valence-electron chi connectivity index (χ3n) is 2.02. The van der Waals surface area contributed by atoms with Crippen LogP contribution in [0.3, 0.4) is 0 Å². The normalized spacial score (nSPS) is 15.6. The summed E-state index contributed by atoms with van der Waals surface area (Å²) in [4.78, 5) is 0. The smallest absolute Gasteiger partial charge is 0.743 e. The molecule has 21 heavy (non-hydrogen) atoms. The zero-order valence-corrected chi connectivity index (χ0v) is 12.7. The minimum Gasteiger partial charge on any atom is -0.743 e. The van der Waals surface area contributed by atoms with Crippen LogP contribution in [-0.2, 0) is 10.1 Å². The molecule has 0 aliphatic heterocycles. The van der Waals surface area contributed by atoms with Gasteiger partial charge in [0.05, 0.1) is 0 Å². The number of alkyl halides is 10. The summed E-state index contributed by atoms with van der Waals surface area (Å²) >= 11 is 0. The summed E-state index contributed by atoms with van der Waals surface area (Å²) < 4.78 is 154. The van der Waals surface area contributed by atoms with Gasteiger partial charge in [-0.25, -0.2) is 8.42 Å². The second-order valence-corrected chi connectivity index (χ2v) is 5.00. The van der Waals surface area contributed by atoms with Crippen LogP contribution in [-0.4, -0.2) is 41.9 Å². The first-order valence-corrected chi connectivity index (χ1v) is 5.50. The fourth-order valence-electron chi connectivity index (χ4n) is 0.813. The van der Waals surface area contributed by atoms with E-state index in [1.54, 1.807) is 0 Å². The van der Waals surface area contributed by atoms with E-state index in [-0.39, 0.29) is 29.6 Å². The molecule has 0 aromatic carbocycles. The van der Waals surface area contributed by atoms with Crippen molar-refractivity contribution in [2.45, 2.75) is 35.9 Å². The van der Waals surface area contributed by atoms with Gasteiger partial charge >= 0.3 is 58.5 Å². The van der Waals surface area contributed by atoms with Crippen molar-refractivity contribution in [1.29, 1.82) is 0 Å². The summed E-state index contributed by atoms with van der Waals surface area (Å²) in [7, 11) is -7.54. The zero-order chi connectivity index (χ0) is 17.0. The SMILES string of the molecule is CC(F)(F)C(F)(F)C(F)(F)C(F)(F)C(F)(F)S(=O)(=O)[O-].[Na+]. The van der Waals surface area contributed by atoms with Gasteiger partial charge in [0.25, 0.3) is 0 Å². The number of halogens is 10. The van der Waals surface area contributed by atoms with Gasteiger partial charge in [-0.15, -0.1) is 0 Å². The Bertz CT molecular complexity index is 482. The first-order chi connectivity index (χ1) is 8.25. The van der Waals surface area contributed by atoms with Crippen molar-refractivity contribution in [3.05, 3.63) is 0 Å². The summed E-state index contributed by atoms with van der Waals surface area (Å²) in [6.45, 7) is -0.985. The van der Waals surface area contributed by atoms with Crippen LogP contribution < -0.4 is 29.6 Å². The molecule has 0 amide bonds. The first-order valence-electron chi connectivity index (χ1n) is 4.09. The molecule has 0 saturated carbocycles. The van der Waals surface area contributed by atoms with Crippen LogP contribution in [0.15, 0.2) is 0 Å². The van der Waals surface area contributed by atoms with E-state index in [4.69, 9.17) is 0 Å². The molecule has 3 nitrogen and oxygen atoms in total. The molecule has 0 radical (unpaired) electrons. The van der Waals surface area contributed by atoms with Crippen molar-refractivity contribution in [2.75, 3.05) is 0 Å². The molecule has 15 heteroatoms. The minimum absolute atomic E-state index is 0. The summed E-state index contributed by atoms with van der Waals surface area (Å²) in [5.74, 6) is -28.1. The van der Waals surface area contributed by atoms with Crippen LogP contribution in [0.4, 0.5) is 43.9 Å². The second kappa shape index (κ2) is 5.69. The van der Waals surface area contributed by atoms with Crippen molar-refractivity contribution in [3.63, 3.8) is 0 Å². The summed E-state index contributed by atoms with van der Waals surface area (Å²) in [5, 5.41) is -7.24. The fraction of sp³-hybridized carbons (Fsp3) is 1.00. The molecule has 0 spiro atoms. The van der Waals surface area contributed by atoms with Gasteiger partial charge in [0.1, 0.15) is 0 Å². The van der Waals surface area contributed by atoms with E-state index in [1.807, 2.05) is 0 Å². The number of rotatable bonds is 5. The molecule has 0 rings (SSSR count). The van der Waals surface area contributed by atoms with Gasteiger partial charge < -0.3 is 4.55 Å². The molecule has 0 aromatic rings. The average molecular weight is 368 g/mol. The van der Waals surface area contributed by atoms with Crippen LogP contribution in [0.25, 0.3) is 0 Å². The maximum Gasteiger partial charge on any atom is 1.00 e. The topological polar surface area (TPSA) is 57.2 Å². The van der Waals surface area contributed by atoms with Crippen molar-refractivity contribution in [2.24, 2.45) is 0 Å². The molecule has 0 aromatic heterocycles. The van der Waals surface area contributed by atoms with Gasteiger partial charge in [0.2, 0.25) is 0 Å². The Morgan fingerprint density at radius 3 is 1.19 bits per heavy atom. The summed E-state index contributed by atoms with van der Waals surface area (Å²) in [6, 6.07) is 0. The van der Waals surface area contributed by atoms with E-state index in [0.717, 1.165) is 0 Å². The maximum absolute atomic E-state index is 12.6. The van der Waals surface area contributed by atoms with E-state index in [2.05, 4.69) is 0 Å². The van der Waals surface area contributed by atoms with Gasteiger partial charge in [-0.1, -0.05) is 0 Å². The summed E-state index contributed by atoms with van der Waals surface area (Å²) in [5.41, 5.74) is 0. The Labute approximate surface area is 132 Å². The average Bonchev–Trinajstić information content (AvgIpc) is 2.12. The molecule has 0 fully saturated rings. The zero-order valence-electron chi connectivity index (χ0n) is 9.91. The van der Waals surface area contributed by atoms with Crippen molar-refractivity contribution in [3.8, 4) is 0 Å².